The molecule has 1 aliphatic carbocycles. The Kier molecular flexibility index (Phi) is 6.36. The van der Waals surface area contributed by atoms with Crippen LogP contribution in [0.4, 0.5) is 5.69 Å². The van der Waals surface area contributed by atoms with E-state index in [1.54, 1.807) is 0 Å². The molecule has 31 heavy (non-hydrogen) atoms. The number of carbonyl (C=O) groups is 3. The van der Waals surface area contributed by atoms with Crippen LogP contribution in [0.5, 0.6) is 0 Å². The lowest BCUT2D eigenvalue weighted by atomic mass is 9.81. The van der Waals surface area contributed by atoms with Crippen LogP contribution in [-0.2, 0) is 14.4 Å². The normalized spacial score (nSPS) is 20.6. The highest BCUT2D eigenvalue weighted by Gasteiger charge is 2.47. The maximum absolute atomic E-state index is 12.5. The summed E-state index contributed by atoms with van der Waals surface area (Å²) in [5.41, 5.74) is 2.52. The number of carbonyl (C=O) groups excluding carboxylic acids is 3. The molecule has 0 radical (unpaired) electrons. The number of hydrogen-bond donors (Lipinski definition) is 1. The number of aromatic nitrogens is 2. The first-order valence-corrected chi connectivity index (χ1v) is 11.5. The number of rotatable bonds is 6. The number of hydrogen-bond acceptors (Lipinski definition) is 6. The van der Waals surface area contributed by atoms with E-state index in [2.05, 4.69) is 15.3 Å². The summed E-state index contributed by atoms with van der Waals surface area (Å²) in [6, 6.07) is 9.38. The van der Waals surface area contributed by atoms with E-state index < -0.39 is 0 Å². The third-order valence-electron chi connectivity index (χ3n) is 5.80. The third kappa shape index (κ3) is 4.95. The van der Waals surface area contributed by atoms with Crippen LogP contribution in [0.15, 0.2) is 40.4 Å². The van der Waals surface area contributed by atoms with Gasteiger partial charge in [-0.1, -0.05) is 12.8 Å². The number of nitrogens with one attached hydrogen (secondary N) is 1. The van der Waals surface area contributed by atoms with Crippen LogP contribution in [0.25, 0.3) is 0 Å². The van der Waals surface area contributed by atoms with Gasteiger partial charge in [0.2, 0.25) is 17.7 Å². The lowest BCUT2D eigenvalue weighted by Crippen LogP contribution is -2.34. The second-order valence-corrected chi connectivity index (χ2v) is 9.22. The van der Waals surface area contributed by atoms with Crippen molar-refractivity contribution in [3.05, 3.63) is 41.7 Å². The molecule has 3 amide bonds. The van der Waals surface area contributed by atoms with Gasteiger partial charge < -0.3 is 5.32 Å². The molecular formula is C23H26N4O3S. The average molecular weight is 439 g/mol. The maximum Gasteiger partial charge on any atom is 0.233 e. The summed E-state index contributed by atoms with van der Waals surface area (Å²) in [7, 11) is 0. The van der Waals surface area contributed by atoms with Crippen LogP contribution in [0.2, 0.25) is 0 Å². The Morgan fingerprint density at radius 1 is 1.03 bits per heavy atom. The van der Waals surface area contributed by atoms with Gasteiger partial charge in [0, 0.05) is 34.9 Å². The van der Waals surface area contributed by atoms with Crippen molar-refractivity contribution in [2.24, 2.45) is 11.8 Å². The number of aryl methyl sites for hydroxylation is 2. The molecule has 2 heterocycles. The number of benzene rings is 1. The van der Waals surface area contributed by atoms with E-state index in [-0.39, 0.29) is 42.5 Å². The van der Waals surface area contributed by atoms with Crippen molar-refractivity contribution in [3.63, 3.8) is 0 Å². The number of fused-ring (bicyclic) bond motifs is 1. The lowest BCUT2D eigenvalue weighted by molar-refractivity contribution is -0.140. The monoisotopic (exact) mass is 438 g/mol. The van der Waals surface area contributed by atoms with Crippen molar-refractivity contribution in [2.45, 2.75) is 56.0 Å². The summed E-state index contributed by atoms with van der Waals surface area (Å²) in [5, 5.41) is 3.53. The number of nitrogens with zero attached hydrogens (tertiary/aromatic N) is 3. The molecule has 0 spiro atoms. The summed E-state index contributed by atoms with van der Waals surface area (Å²) in [6.45, 7) is 4.03. The molecular weight excluding hydrogens is 412 g/mol. The van der Waals surface area contributed by atoms with Gasteiger partial charge in [-0.2, -0.15) is 0 Å². The van der Waals surface area contributed by atoms with Crippen molar-refractivity contribution in [3.8, 4) is 0 Å². The van der Waals surface area contributed by atoms with Gasteiger partial charge in [0.05, 0.1) is 11.8 Å². The molecule has 1 saturated heterocycles. The van der Waals surface area contributed by atoms with Gasteiger partial charge in [-0.05, 0) is 68.8 Å². The van der Waals surface area contributed by atoms with E-state index in [0.29, 0.717) is 10.8 Å². The molecule has 1 saturated carbocycles. The highest BCUT2D eigenvalue weighted by atomic mass is 32.2. The van der Waals surface area contributed by atoms with Gasteiger partial charge in [-0.25, -0.2) is 9.97 Å². The van der Waals surface area contributed by atoms with Gasteiger partial charge in [0.1, 0.15) is 0 Å². The number of imide groups is 1. The molecule has 2 fully saturated rings. The van der Waals surface area contributed by atoms with Crippen molar-refractivity contribution < 1.29 is 14.4 Å². The Labute approximate surface area is 186 Å². The van der Waals surface area contributed by atoms with E-state index in [1.807, 2.05) is 44.2 Å². The fourth-order valence-corrected chi connectivity index (χ4v) is 5.20. The highest BCUT2D eigenvalue weighted by molar-refractivity contribution is 7.99. The van der Waals surface area contributed by atoms with Crippen molar-refractivity contribution in [1.29, 1.82) is 0 Å². The molecule has 1 aliphatic heterocycles. The average Bonchev–Trinajstić information content (AvgIpc) is 2.97. The fraction of sp³-hybridized carbons (Fsp3) is 0.435. The predicted molar refractivity (Wildman–Crippen MR) is 117 cm³/mol. The van der Waals surface area contributed by atoms with Gasteiger partial charge in [-0.3, -0.25) is 19.3 Å². The van der Waals surface area contributed by atoms with E-state index in [0.717, 1.165) is 42.0 Å². The standard InChI is InChI=1S/C23H26N4O3S/c1-14-13-15(2)25-23(24-14)31-17-9-7-16(8-10-17)26-20(28)11-12-27-21(29)18-5-3-4-6-19(18)22(27)30/h7-10,13,18-19H,3-6,11-12H2,1-2H3,(H,26,28)/t18-,19-/m1/s1. The van der Waals surface area contributed by atoms with Gasteiger partial charge >= 0.3 is 0 Å². The molecule has 8 heteroatoms. The SMILES string of the molecule is Cc1cc(C)nc(Sc2ccc(NC(=O)CCN3C(=O)[C@@H]4CCCC[C@H]4C3=O)cc2)n1. The Morgan fingerprint density at radius 2 is 1.61 bits per heavy atom. The van der Waals surface area contributed by atoms with E-state index in [1.165, 1.54) is 16.7 Å². The summed E-state index contributed by atoms with van der Waals surface area (Å²) in [6.07, 6.45) is 3.67. The molecule has 162 valence electrons. The Bertz CT molecular complexity index is 964. The summed E-state index contributed by atoms with van der Waals surface area (Å²) < 4.78 is 0. The zero-order valence-corrected chi connectivity index (χ0v) is 18.6. The largest absolute Gasteiger partial charge is 0.326 e. The van der Waals surface area contributed by atoms with E-state index >= 15 is 0 Å². The van der Waals surface area contributed by atoms with Crippen LogP contribution in [0.3, 0.4) is 0 Å². The van der Waals surface area contributed by atoms with Crippen LogP contribution in [0.1, 0.15) is 43.5 Å². The van der Waals surface area contributed by atoms with Gasteiger partial charge in [0.25, 0.3) is 0 Å². The molecule has 4 rings (SSSR count). The van der Waals surface area contributed by atoms with Crippen LogP contribution in [-0.4, -0.2) is 39.1 Å². The molecule has 1 N–H and O–H groups in total. The quantitative estimate of drug-likeness (QED) is 0.545. The zero-order valence-electron chi connectivity index (χ0n) is 17.8. The Morgan fingerprint density at radius 3 is 2.19 bits per heavy atom. The van der Waals surface area contributed by atoms with Crippen molar-refractivity contribution in [1.82, 2.24) is 14.9 Å². The second-order valence-electron chi connectivity index (χ2n) is 8.18. The van der Waals surface area contributed by atoms with Crippen LogP contribution >= 0.6 is 11.8 Å². The molecule has 2 aromatic rings. The Hall–Kier alpha value is -2.74. The first-order chi connectivity index (χ1) is 14.9. The first-order valence-electron chi connectivity index (χ1n) is 10.7. The van der Waals surface area contributed by atoms with Gasteiger partial charge in [0.15, 0.2) is 5.16 Å². The summed E-state index contributed by atoms with van der Waals surface area (Å²) in [4.78, 5) is 48.5. The first kappa shape index (κ1) is 21.5. The minimum Gasteiger partial charge on any atom is -0.326 e. The van der Waals surface area contributed by atoms with Gasteiger partial charge in [-0.15, -0.1) is 0 Å². The van der Waals surface area contributed by atoms with E-state index in [4.69, 9.17) is 0 Å². The highest BCUT2D eigenvalue weighted by Crippen LogP contribution is 2.38. The molecule has 7 nitrogen and oxygen atoms in total. The van der Waals surface area contributed by atoms with E-state index in [9.17, 15) is 14.4 Å². The molecule has 0 bridgehead atoms. The molecule has 0 unspecified atom stereocenters. The second kappa shape index (κ2) is 9.18. The van der Waals surface area contributed by atoms with Crippen LogP contribution < -0.4 is 5.32 Å². The fourth-order valence-electron chi connectivity index (χ4n) is 4.34. The molecule has 2 aliphatic rings. The Balaban J connectivity index is 1.30. The third-order valence-corrected chi connectivity index (χ3v) is 6.68. The van der Waals surface area contributed by atoms with Crippen LogP contribution in [0, 0.1) is 25.7 Å². The zero-order chi connectivity index (χ0) is 22.0. The smallest absolute Gasteiger partial charge is 0.233 e. The van der Waals surface area contributed by atoms with Crippen molar-refractivity contribution in [2.75, 3.05) is 11.9 Å². The predicted octanol–water partition coefficient (Wildman–Crippen LogP) is 3.75. The molecule has 1 aromatic heterocycles. The summed E-state index contributed by atoms with van der Waals surface area (Å²) >= 11 is 1.46. The number of anilines is 1. The minimum atomic E-state index is -0.214. The van der Waals surface area contributed by atoms with Crippen molar-refractivity contribution >= 4 is 35.2 Å². The molecule has 1 aromatic carbocycles. The topological polar surface area (TPSA) is 92.3 Å². The number of amides is 3. The lowest BCUT2D eigenvalue weighted by Gasteiger charge is -2.19. The summed E-state index contributed by atoms with van der Waals surface area (Å²) in [5.74, 6) is -0.755. The minimum absolute atomic E-state index is 0.0996. The molecule has 2 atom stereocenters. The number of likely N-dealkylation sites (tertiary alicyclic amines) is 1. The maximum atomic E-state index is 12.5.